The lowest BCUT2D eigenvalue weighted by atomic mass is 9.80. The molecule has 126 valence electrons. The van der Waals surface area contributed by atoms with Gasteiger partial charge in [-0.3, -0.25) is 0 Å². The molecule has 1 aromatic carbocycles. The molecule has 3 rings (SSSR count). The van der Waals surface area contributed by atoms with Crippen LogP contribution in [0.4, 0.5) is 0 Å². The number of aliphatic hydroxyl groups excluding tert-OH is 1. The van der Waals surface area contributed by atoms with Crippen molar-refractivity contribution in [2.45, 2.75) is 32.2 Å². The van der Waals surface area contributed by atoms with Gasteiger partial charge >= 0.3 is 0 Å². The van der Waals surface area contributed by atoms with E-state index in [1.54, 1.807) is 0 Å². The molecule has 0 saturated carbocycles. The van der Waals surface area contributed by atoms with E-state index in [-0.39, 0.29) is 6.61 Å². The lowest BCUT2D eigenvalue weighted by Crippen LogP contribution is -2.38. The second kappa shape index (κ2) is 7.47. The lowest BCUT2D eigenvalue weighted by molar-refractivity contribution is 0.138. The molecule has 0 bridgehead atoms. The summed E-state index contributed by atoms with van der Waals surface area (Å²) >= 11 is 0. The zero-order chi connectivity index (χ0) is 16.2. The van der Waals surface area contributed by atoms with E-state index < -0.39 is 0 Å². The number of nitrogens with two attached hydrogens (primary N) is 1. The number of benzene rings is 1. The molecule has 4 heteroatoms. The summed E-state index contributed by atoms with van der Waals surface area (Å²) in [6, 6.07) is 8.69. The molecule has 2 heterocycles. The van der Waals surface area contributed by atoms with Crippen LogP contribution in [0.1, 0.15) is 31.2 Å². The van der Waals surface area contributed by atoms with Crippen molar-refractivity contribution in [3.8, 4) is 0 Å². The first-order valence-electron chi connectivity index (χ1n) is 8.89. The molecule has 1 aromatic heterocycles. The first-order valence-corrected chi connectivity index (χ1v) is 8.89. The molecule has 2 aromatic rings. The lowest BCUT2D eigenvalue weighted by Gasteiger charge is -2.35. The number of β-amino-alcohol motifs (C(OH)–C–C–N with tert-alkyl or cyclic N) is 1. The van der Waals surface area contributed by atoms with Gasteiger partial charge in [0.05, 0.1) is 6.61 Å². The van der Waals surface area contributed by atoms with Crippen molar-refractivity contribution in [1.29, 1.82) is 0 Å². The van der Waals surface area contributed by atoms with Gasteiger partial charge in [0.15, 0.2) is 0 Å². The van der Waals surface area contributed by atoms with Gasteiger partial charge in [-0.15, -0.1) is 0 Å². The summed E-state index contributed by atoms with van der Waals surface area (Å²) in [4.78, 5) is 2.36. The number of aromatic nitrogens is 1. The van der Waals surface area contributed by atoms with Crippen LogP contribution >= 0.6 is 0 Å². The number of hydrogen-bond acceptors (Lipinski definition) is 3. The van der Waals surface area contributed by atoms with Crippen LogP contribution in [0.25, 0.3) is 10.9 Å². The Balaban J connectivity index is 1.84. The minimum Gasteiger partial charge on any atom is -0.395 e. The molecule has 23 heavy (non-hydrogen) atoms. The molecule has 1 unspecified atom stereocenters. The van der Waals surface area contributed by atoms with Crippen LogP contribution in [0.5, 0.6) is 0 Å². The van der Waals surface area contributed by atoms with Crippen molar-refractivity contribution in [2.24, 2.45) is 11.7 Å². The SMILES string of the molecule is CCn1cc(C(CN)C2CCN(CCO)CC2)c2ccccc21. The van der Waals surface area contributed by atoms with Gasteiger partial charge in [-0.25, -0.2) is 0 Å². The third-order valence-electron chi connectivity index (χ3n) is 5.43. The quantitative estimate of drug-likeness (QED) is 0.861. The molecular weight excluding hydrogens is 286 g/mol. The summed E-state index contributed by atoms with van der Waals surface area (Å²) in [7, 11) is 0. The highest BCUT2D eigenvalue weighted by molar-refractivity contribution is 5.84. The molecule has 3 N–H and O–H groups in total. The maximum atomic E-state index is 9.10. The molecule has 0 radical (unpaired) electrons. The van der Waals surface area contributed by atoms with Crippen LogP contribution in [0, 0.1) is 5.92 Å². The average Bonchev–Trinajstić information content (AvgIpc) is 2.96. The van der Waals surface area contributed by atoms with Crippen molar-refractivity contribution in [2.75, 3.05) is 32.8 Å². The number of aryl methyl sites for hydroxylation is 1. The van der Waals surface area contributed by atoms with Crippen LogP contribution in [0.2, 0.25) is 0 Å². The number of piperidine rings is 1. The second-order valence-electron chi connectivity index (χ2n) is 6.63. The number of likely N-dealkylation sites (tertiary alicyclic amines) is 1. The molecule has 4 nitrogen and oxygen atoms in total. The zero-order valence-corrected chi connectivity index (χ0v) is 14.1. The zero-order valence-electron chi connectivity index (χ0n) is 14.1. The molecule has 1 fully saturated rings. The number of aliphatic hydroxyl groups is 1. The van der Waals surface area contributed by atoms with Crippen molar-refractivity contribution in [3.63, 3.8) is 0 Å². The summed E-state index contributed by atoms with van der Waals surface area (Å²) in [5, 5.41) is 10.5. The van der Waals surface area contributed by atoms with Gasteiger partial charge in [0.1, 0.15) is 0 Å². The fourth-order valence-electron chi connectivity index (χ4n) is 4.13. The number of para-hydroxylation sites is 1. The number of fused-ring (bicyclic) bond motifs is 1. The highest BCUT2D eigenvalue weighted by atomic mass is 16.3. The Morgan fingerprint density at radius 2 is 2.00 bits per heavy atom. The van der Waals surface area contributed by atoms with Gasteiger partial charge in [0.2, 0.25) is 0 Å². The first kappa shape index (κ1) is 16.5. The molecule has 0 aliphatic carbocycles. The summed E-state index contributed by atoms with van der Waals surface area (Å²) < 4.78 is 2.34. The van der Waals surface area contributed by atoms with E-state index in [0.717, 1.165) is 26.2 Å². The van der Waals surface area contributed by atoms with Crippen LogP contribution in [-0.4, -0.2) is 47.4 Å². The van der Waals surface area contributed by atoms with E-state index in [1.165, 1.54) is 29.3 Å². The summed E-state index contributed by atoms with van der Waals surface area (Å²) in [5.41, 5.74) is 8.95. The fraction of sp³-hybridized carbons (Fsp3) is 0.579. The molecule has 0 amide bonds. The third-order valence-corrected chi connectivity index (χ3v) is 5.43. The maximum Gasteiger partial charge on any atom is 0.0558 e. The van der Waals surface area contributed by atoms with E-state index in [1.807, 2.05) is 0 Å². The van der Waals surface area contributed by atoms with E-state index in [2.05, 4.69) is 46.9 Å². The van der Waals surface area contributed by atoms with Crippen LogP contribution in [0.15, 0.2) is 30.5 Å². The topological polar surface area (TPSA) is 54.4 Å². The standard InChI is InChI=1S/C19H29N3O/c1-2-22-14-18(16-5-3-4-6-19(16)22)17(13-20)15-7-9-21(10-8-15)11-12-23/h3-6,14-15,17,23H,2,7-13,20H2,1H3. The van der Waals surface area contributed by atoms with Crippen LogP contribution in [-0.2, 0) is 6.54 Å². The van der Waals surface area contributed by atoms with Gasteiger partial charge in [-0.05, 0) is 56.9 Å². The van der Waals surface area contributed by atoms with E-state index >= 15 is 0 Å². The van der Waals surface area contributed by atoms with Crippen molar-refractivity contribution >= 4 is 10.9 Å². The molecule has 1 aliphatic heterocycles. The molecule has 1 aliphatic rings. The Bertz CT molecular complexity index is 629. The molecule has 1 saturated heterocycles. The van der Waals surface area contributed by atoms with Crippen molar-refractivity contribution in [1.82, 2.24) is 9.47 Å². The molecule has 0 spiro atoms. The minimum absolute atomic E-state index is 0.259. The van der Waals surface area contributed by atoms with Gasteiger partial charge < -0.3 is 20.3 Å². The van der Waals surface area contributed by atoms with Gasteiger partial charge in [0, 0.05) is 36.1 Å². The summed E-state index contributed by atoms with van der Waals surface area (Å²) in [6.07, 6.45) is 4.67. The average molecular weight is 315 g/mol. The highest BCUT2D eigenvalue weighted by Crippen LogP contribution is 2.36. The Hall–Kier alpha value is -1.36. The Kier molecular flexibility index (Phi) is 5.36. The van der Waals surface area contributed by atoms with E-state index in [9.17, 15) is 0 Å². The largest absolute Gasteiger partial charge is 0.395 e. The second-order valence-corrected chi connectivity index (χ2v) is 6.63. The monoisotopic (exact) mass is 315 g/mol. The minimum atomic E-state index is 0.259. The fourth-order valence-corrected chi connectivity index (χ4v) is 4.13. The van der Waals surface area contributed by atoms with Crippen LogP contribution in [0.3, 0.4) is 0 Å². The maximum absolute atomic E-state index is 9.10. The van der Waals surface area contributed by atoms with E-state index in [4.69, 9.17) is 10.8 Å². The Labute approximate surface area is 138 Å². The number of hydrogen-bond donors (Lipinski definition) is 2. The molecular formula is C19H29N3O. The normalized spacial score (nSPS) is 18.6. The number of nitrogens with zero attached hydrogens (tertiary/aromatic N) is 2. The summed E-state index contributed by atoms with van der Waals surface area (Å²) in [6.45, 7) is 7.11. The van der Waals surface area contributed by atoms with Crippen LogP contribution < -0.4 is 5.73 Å². The number of rotatable bonds is 6. The predicted octanol–water partition coefficient (Wildman–Crippen LogP) is 2.41. The first-order chi connectivity index (χ1) is 11.3. The van der Waals surface area contributed by atoms with Crippen molar-refractivity contribution < 1.29 is 5.11 Å². The molecule has 1 atom stereocenters. The third kappa shape index (κ3) is 3.30. The van der Waals surface area contributed by atoms with Gasteiger partial charge in [-0.2, -0.15) is 0 Å². The van der Waals surface area contributed by atoms with Gasteiger partial charge in [-0.1, -0.05) is 18.2 Å². The Morgan fingerprint density at radius 1 is 1.26 bits per heavy atom. The van der Waals surface area contributed by atoms with E-state index in [0.29, 0.717) is 18.4 Å². The smallest absolute Gasteiger partial charge is 0.0558 e. The Morgan fingerprint density at radius 3 is 2.65 bits per heavy atom. The summed E-state index contributed by atoms with van der Waals surface area (Å²) in [5.74, 6) is 1.08. The van der Waals surface area contributed by atoms with Crippen molar-refractivity contribution in [3.05, 3.63) is 36.0 Å². The van der Waals surface area contributed by atoms with Gasteiger partial charge in [0.25, 0.3) is 0 Å². The predicted molar refractivity (Wildman–Crippen MR) is 95.7 cm³/mol. The highest BCUT2D eigenvalue weighted by Gasteiger charge is 2.28.